The van der Waals surface area contributed by atoms with E-state index < -0.39 is 0 Å². The summed E-state index contributed by atoms with van der Waals surface area (Å²) >= 11 is 1.32. The van der Waals surface area contributed by atoms with Gasteiger partial charge in [-0.25, -0.2) is 9.97 Å². The first-order valence-electron chi connectivity index (χ1n) is 8.43. The first kappa shape index (κ1) is 17.7. The molecule has 0 spiro atoms. The Balaban J connectivity index is 1.57. The van der Waals surface area contributed by atoms with Gasteiger partial charge in [0.1, 0.15) is 11.6 Å². The molecule has 134 valence electrons. The minimum Gasteiger partial charge on any atom is -0.360 e. The molecule has 3 heterocycles. The van der Waals surface area contributed by atoms with Crippen molar-refractivity contribution in [2.24, 2.45) is 11.8 Å². The van der Waals surface area contributed by atoms with Crippen molar-refractivity contribution in [1.82, 2.24) is 15.1 Å². The van der Waals surface area contributed by atoms with Crippen LogP contribution in [-0.2, 0) is 4.79 Å². The maximum atomic E-state index is 12.0. The Morgan fingerprint density at radius 3 is 2.84 bits per heavy atom. The molecule has 0 aromatic carbocycles. The van der Waals surface area contributed by atoms with Gasteiger partial charge in [0.25, 0.3) is 0 Å². The quantitative estimate of drug-likeness (QED) is 0.647. The summed E-state index contributed by atoms with van der Waals surface area (Å²) in [5, 5.41) is 7.04. The van der Waals surface area contributed by atoms with Crippen LogP contribution in [0, 0.1) is 18.8 Å². The first-order valence-corrected chi connectivity index (χ1v) is 9.42. The number of thioether (sulfide) groups is 1. The Hall–Kier alpha value is -2.09. The Morgan fingerprint density at radius 2 is 2.16 bits per heavy atom. The lowest BCUT2D eigenvalue weighted by Gasteiger charge is -2.35. The van der Waals surface area contributed by atoms with E-state index in [1.54, 1.807) is 19.2 Å². The fourth-order valence-electron chi connectivity index (χ4n) is 3.16. The van der Waals surface area contributed by atoms with Crippen LogP contribution in [0.25, 0.3) is 0 Å². The zero-order valence-corrected chi connectivity index (χ0v) is 15.5. The standard InChI is InChI=1S/C17H23N5O2S/c1-11-6-12(2)9-22(8-11)15-4-5-18-17(20-15)25-10-16(23)19-14-7-13(3)24-21-14/h4-5,7,11-12H,6,8-10H2,1-3H3,(H,19,21,23)/t11-,12+. The van der Waals surface area contributed by atoms with Crippen molar-refractivity contribution >= 4 is 29.3 Å². The van der Waals surface area contributed by atoms with Gasteiger partial charge in [-0.1, -0.05) is 30.8 Å². The number of nitrogens with zero attached hydrogens (tertiary/aromatic N) is 4. The van der Waals surface area contributed by atoms with Crippen LogP contribution in [0.3, 0.4) is 0 Å². The number of nitrogens with one attached hydrogen (secondary N) is 1. The van der Waals surface area contributed by atoms with E-state index >= 15 is 0 Å². The largest absolute Gasteiger partial charge is 0.360 e. The highest BCUT2D eigenvalue weighted by Crippen LogP contribution is 2.26. The molecule has 0 saturated carbocycles. The lowest BCUT2D eigenvalue weighted by Crippen LogP contribution is -2.39. The number of carbonyl (C=O) groups excluding carboxylic acids is 1. The van der Waals surface area contributed by atoms with Crippen LogP contribution < -0.4 is 10.2 Å². The van der Waals surface area contributed by atoms with Gasteiger partial charge in [0, 0.05) is 25.4 Å². The molecule has 1 aliphatic heterocycles. The molecule has 0 bridgehead atoms. The van der Waals surface area contributed by atoms with E-state index in [2.05, 4.69) is 39.2 Å². The normalized spacial score (nSPS) is 20.5. The summed E-state index contributed by atoms with van der Waals surface area (Å²) in [6.45, 7) is 8.35. The van der Waals surface area contributed by atoms with Crippen LogP contribution in [0.4, 0.5) is 11.6 Å². The van der Waals surface area contributed by atoms with Crippen molar-refractivity contribution in [3.63, 3.8) is 0 Å². The molecule has 0 radical (unpaired) electrons. The summed E-state index contributed by atoms with van der Waals surface area (Å²) in [6.07, 6.45) is 3.01. The predicted octanol–water partition coefficient (Wildman–Crippen LogP) is 2.99. The van der Waals surface area contributed by atoms with Gasteiger partial charge in [-0.2, -0.15) is 0 Å². The second kappa shape index (κ2) is 7.86. The molecule has 25 heavy (non-hydrogen) atoms. The highest BCUT2D eigenvalue weighted by Gasteiger charge is 2.23. The van der Waals surface area contributed by atoms with Crippen molar-refractivity contribution in [1.29, 1.82) is 0 Å². The SMILES string of the molecule is Cc1cc(NC(=O)CSc2nccc(N3C[C@H](C)C[C@H](C)C3)n2)no1. The van der Waals surface area contributed by atoms with E-state index in [9.17, 15) is 4.79 Å². The number of rotatable bonds is 5. The molecule has 1 saturated heterocycles. The third kappa shape index (κ3) is 4.94. The lowest BCUT2D eigenvalue weighted by atomic mass is 9.92. The topological polar surface area (TPSA) is 84.2 Å². The Bertz CT molecular complexity index is 725. The first-order chi connectivity index (χ1) is 12.0. The highest BCUT2D eigenvalue weighted by atomic mass is 32.2. The summed E-state index contributed by atoms with van der Waals surface area (Å²) in [4.78, 5) is 23.2. The molecule has 1 amide bonds. The van der Waals surface area contributed by atoms with Crippen molar-refractivity contribution < 1.29 is 9.32 Å². The van der Waals surface area contributed by atoms with Crippen molar-refractivity contribution in [3.8, 4) is 0 Å². The van der Waals surface area contributed by atoms with Gasteiger partial charge >= 0.3 is 0 Å². The van der Waals surface area contributed by atoms with Crippen LogP contribution in [0.15, 0.2) is 28.0 Å². The smallest absolute Gasteiger partial charge is 0.236 e. The molecule has 0 unspecified atom stereocenters. The van der Waals surface area contributed by atoms with Crippen molar-refractivity contribution in [2.75, 3.05) is 29.1 Å². The number of carbonyl (C=O) groups is 1. The molecular formula is C17H23N5O2S. The average Bonchev–Trinajstić information content (AvgIpc) is 2.97. The lowest BCUT2D eigenvalue weighted by molar-refractivity contribution is -0.113. The van der Waals surface area contributed by atoms with Gasteiger partial charge in [-0.05, 0) is 31.2 Å². The zero-order valence-electron chi connectivity index (χ0n) is 14.7. The van der Waals surface area contributed by atoms with Gasteiger partial charge < -0.3 is 14.7 Å². The van der Waals surface area contributed by atoms with E-state index in [1.807, 2.05) is 6.07 Å². The Morgan fingerprint density at radius 1 is 1.40 bits per heavy atom. The number of aryl methyl sites for hydroxylation is 1. The van der Waals surface area contributed by atoms with Gasteiger partial charge in [-0.15, -0.1) is 0 Å². The second-order valence-corrected chi connectivity index (χ2v) is 7.65. The van der Waals surface area contributed by atoms with E-state index in [-0.39, 0.29) is 11.7 Å². The summed E-state index contributed by atoms with van der Waals surface area (Å²) in [7, 11) is 0. The average molecular weight is 361 g/mol. The summed E-state index contributed by atoms with van der Waals surface area (Å²) in [6, 6.07) is 3.62. The molecule has 3 rings (SSSR count). The molecule has 2 aromatic heterocycles. The minimum atomic E-state index is -0.160. The molecular weight excluding hydrogens is 338 g/mol. The van der Waals surface area contributed by atoms with Crippen LogP contribution in [0.5, 0.6) is 0 Å². The fourth-order valence-corrected chi connectivity index (χ4v) is 3.79. The van der Waals surface area contributed by atoms with E-state index in [0.717, 1.165) is 18.9 Å². The minimum absolute atomic E-state index is 0.160. The predicted molar refractivity (Wildman–Crippen MR) is 97.8 cm³/mol. The summed E-state index contributed by atoms with van der Waals surface area (Å²) < 4.78 is 4.93. The second-order valence-electron chi connectivity index (χ2n) is 6.71. The van der Waals surface area contributed by atoms with Crippen LogP contribution in [-0.4, -0.2) is 39.9 Å². The van der Waals surface area contributed by atoms with E-state index in [1.165, 1.54) is 18.2 Å². The highest BCUT2D eigenvalue weighted by molar-refractivity contribution is 7.99. The van der Waals surface area contributed by atoms with Gasteiger partial charge in [-0.3, -0.25) is 4.79 Å². The Kier molecular flexibility index (Phi) is 5.57. The number of aromatic nitrogens is 3. The van der Waals surface area contributed by atoms with Crippen molar-refractivity contribution in [3.05, 3.63) is 24.1 Å². The van der Waals surface area contributed by atoms with Crippen LogP contribution in [0.1, 0.15) is 26.0 Å². The molecule has 2 aromatic rings. The molecule has 2 atom stereocenters. The van der Waals surface area contributed by atoms with Crippen LogP contribution in [0.2, 0.25) is 0 Å². The van der Waals surface area contributed by atoms with E-state index in [0.29, 0.717) is 28.6 Å². The number of hydrogen-bond acceptors (Lipinski definition) is 7. The molecule has 8 heteroatoms. The van der Waals surface area contributed by atoms with Gasteiger partial charge in [0.05, 0.1) is 5.75 Å². The van der Waals surface area contributed by atoms with Gasteiger partial charge in [0.15, 0.2) is 11.0 Å². The van der Waals surface area contributed by atoms with E-state index in [4.69, 9.17) is 4.52 Å². The molecule has 1 N–H and O–H groups in total. The fraction of sp³-hybridized carbons (Fsp3) is 0.529. The molecule has 0 aliphatic carbocycles. The summed E-state index contributed by atoms with van der Waals surface area (Å²) in [5.41, 5.74) is 0. The van der Waals surface area contributed by atoms with Crippen molar-refractivity contribution in [2.45, 2.75) is 32.3 Å². The van der Waals surface area contributed by atoms with Gasteiger partial charge in [0.2, 0.25) is 5.91 Å². The third-order valence-corrected chi connectivity index (χ3v) is 4.90. The monoisotopic (exact) mass is 361 g/mol. The third-order valence-electron chi connectivity index (χ3n) is 4.04. The number of piperidine rings is 1. The maximum absolute atomic E-state index is 12.0. The maximum Gasteiger partial charge on any atom is 0.236 e. The zero-order chi connectivity index (χ0) is 17.8. The number of hydrogen-bond donors (Lipinski definition) is 1. The number of amides is 1. The molecule has 7 nitrogen and oxygen atoms in total. The molecule has 1 aliphatic rings. The number of anilines is 2. The van der Waals surface area contributed by atoms with Crippen LogP contribution >= 0.6 is 11.8 Å². The Labute approximate surface area is 151 Å². The molecule has 1 fully saturated rings. The summed E-state index contributed by atoms with van der Waals surface area (Å²) in [5.74, 6) is 3.40.